The van der Waals surface area contributed by atoms with Crippen LogP contribution in [0.25, 0.3) is 22.4 Å². The number of nitroso groups, excluding NO2 is 2. The van der Waals surface area contributed by atoms with Crippen molar-refractivity contribution in [3.63, 3.8) is 0 Å². The van der Waals surface area contributed by atoms with Gasteiger partial charge in [-0.2, -0.15) is 14.9 Å². The van der Waals surface area contributed by atoms with Crippen molar-refractivity contribution in [1.82, 2.24) is 9.78 Å². The number of aliphatic hydroxyl groups is 1. The van der Waals surface area contributed by atoms with Crippen molar-refractivity contribution in [2.24, 2.45) is 17.4 Å². The Hall–Kier alpha value is -3.23. The lowest BCUT2D eigenvalue weighted by Gasteiger charge is -2.36. The minimum Gasteiger partial charge on any atom is -0.388 e. The van der Waals surface area contributed by atoms with E-state index in [2.05, 4.69) is 15.5 Å². The van der Waals surface area contributed by atoms with Crippen LogP contribution in [0.2, 0.25) is 0 Å². The van der Waals surface area contributed by atoms with E-state index in [0.717, 1.165) is 27.9 Å². The van der Waals surface area contributed by atoms with Crippen LogP contribution in [0.15, 0.2) is 71.1 Å². The van der Waals surface area contributed by atoms with Gasteiger partial charge in [-0.05, 0) is 34.4 Å². The molecule has 1 aliphatic rings. The maximum Gasteiger partial charge on any atom is 0.123 e. The minimum absolute atomic E-state index is 0.0790. The van der Waals surface area contributed by atoms with Gasteiger partial charge in [0.1, 0.15) is 24.8 Å². The molecule has 154 valence electrons. The molecule has 1 aliphatic heterocycles. The van der Waals surface area contributed by atoms with Gasteiger partial charge >= 0.3 is 0 Å². The summed E-state index contributed by atoms with van der Waals surface area (Å²) in [6, 6.07) is 16.8. The summed E-state index contributed by atoms with van der Waals surface area (Å²) in [7, 11) is 1.90. The highest BCUT2D eigenvalue weighted by Crippen LogP contribution is 2.35. The van der Waals surface area contributed by atoms with Crippen molar-refractivity contribution < 1.29 is 9.84 Å². The maximum absolute atomic E-state index is 11.2. The number of nitrogens with zero attached hydrogens (tertiary/aromatic N) is 4. The molecule has 1 fully saturated rings. The molecule has 1 N–H and O–H groups in total. The van der Waals surface area contributed by atoms with Gasteiger partial charge < -0.3 is 9.84 Å². The third-order valence-corrected chi connectivity index (χ3v) is 5.51. The topological polar surface area (TPSA) is 106 Å². The van der Waals surface area contributed by atoms with Crippen LogP contribution in [0, 0.1) is 9.81 Å². The van der Waals surface area contributed by atoms with Gasteiger partial charge in [-0.15, -0.1) is 0 Å². The second-order valence-electron chi connectivity index (χ2n) is 7.43. The molecule has 0 spiro atoms. The fourth-order valence-electron chi connectivity index (χ4n) is 3.92. The first-order valence-corrected chi connectivity index (χ1v) is 9.74. The molecule has 4 rings (SSSR count). The van der Waals surface area contributed by atoms with E-state index in [9.17, 15) is 14.9 Å². The van der Waals surface area contributed by atoms with Crippen LogP contribution in [0.4, 0.5) is 0 Å². The highest BCUT2D eigenvalue weighted by Gasteiger charge is 2.39. The Labute approximate surface area is 173 Å². The predicted octanol–water partition coefficient (Wildman–Crippen LogP) is 3.85. The van der Waals surface area contributed by atoms with E-state index >= 15 is 0 Å². The normalized spacial score (nSPS) is 23.8. The average molecular weight is 406 g/mol. The molecule has 0 radical (unpaired) electrons. The molecular formula is C22H22N4O4. The van der Waals surface area contributed by atoms with Crippen molar-refractivity contribution in [2.75, 3.05) is 6.54 Å². The summed E-state index contributed by atoms with van der Waals surface area (Å²) < 4.78 is 7.70. The molecule has 30 heavy (non-hydrogen) atoms. The molecule has 0 bridgehead atoms. The largest absolute Gasteiger partial charge is 0.388 e. The quantitative estimate of drug-likeness (QED) is 0.626. The first-order chi connectivity index (χ1) is 14.6. The summed E-state index contributed by atoms with van der Waals surface area (Å²) in [6.45, 7) is -0.0790. The summed E-state index contributed by atoms with van der Waals surface area (Å²) in [5.41, 5.74) is 4.76. The molecule has 3 unspecified atom stereocenters. The highest BCUT2D eigenvalue weighted by atomic mass is 16.5. The van der Waals surface area contributed by atoms with Crippen molar-refractivity contribution in [2.45, 2.75) is 30.8 Å². The molecule has 3 aromatic rings. The Kier molecular flexibility index (Phi) is 5.78. The minimum atomic E-state index is -1.08. The van der Waals surface area contributed by atoms with Crippen LogP contribution >= 0.6 is 0 Å². The van der Waals surface area contributed by atoms with Gasteiger partial charge in [0.05, 0.1) is 11.8 Å². The van der Waals surface area contributed by atoms with E-state index < -0.39 is 24.4 Å². The molecule has 1 aromatic heterocycles. The fraction of sp³-hybridized carbons (Fsp3) is 0.318. The Morgan fingerprint density at radius 3 is 2.53 bits per heavy atom. The van der Waals surface area contributed by atoms with E-state index in [1.165, 1.54) is 0 Å². The summed E-state index contributed by atoms with van der Waals surface area (Å²) in [5, 5.41) is 20.7. The van der Waals surface area contributed by atoms with E-state index in [1.54, 1.807) is 6.20 Å². The Morgan fingerprint density at radius 1 is 1.10 bits per heavy atom. The van der Waals surface area contributed by atoms with Gasteiger partial charge in [0, 0.05) is 19.7 Å². The second-order valence-corrected chi connectivity index (χ2v) is 7.43. The van der Waals surface area contributed by atoms with Crippen molar-refractivity contribution in [3.8, 4) is 22.4 Å². The number of rotatable bonds is 6. The molecule has 2 heterocycles. The third kappa shape index (κ3) is 3.92. The molecule has 1 saturated heterocycles. The lowest BCUT2D eigenvalue weighted by Crippen LogP contribution is -2.43. The summed E-state index contributed by atoms with van der Waals surface area (Å²) in [4.78, 5) is 21.8. The molecule has 2 aromatic carbocycles. The van der Waals surface area contributed by atoms with Gasteiger partial charge in [-0.3, -0.25) is 4.68 Å². The van der Waals surface area contributed by atoms with Crippen LogP contribution < -0.4 is 0 Å². The van der Waals surface area contributed by atoms with E-state index in [-0.39, 0.29) is 13.0 Å². The predicted molar refractivity (Wildman–Crippen MR) is 113 cm³/mol. The van der Waals surface area contributed by atoms with Crippen LogP contribution in [-0.4, -0.2) is 39.7 Å². The lowest BCUT2D eigenvalue weighted by atomic mass is 9.90. The Bertz CT molecular complexity index is 1030. The molecule has 4 atom stereocenters. The van der Waals surface area contributed by atoms with Gasteiger partial charge in [0.25, 0.3) is 0 Å². The second kappa shape index (κ2) is 8.64. The molecule has 0 saturated carbocycles. The molecular weight excluding hydrogens is 384 g/mol. The first-order valence-electron chi connectivity index (χ1n) is 9.74. The number of benzene rings is 2. The van der Waals surface area contributed by atoms with Gasteiger partial charge in [-0.1, -0.05) is 52.8 Å². The van der Waals surface area contributed by atoms with E-state index in [1.807, 2.05) is 66.3 Å². The van der Waals surface area contributed by atoms with E-state index in [4.69, 9.17) is 4.74 Å². The van der Waals surface area contributed by atoms with Crippen LogP contribution in [-0.2, 0) is 11.8 Å². The highest BCUT2D eigenvalue weighted by molar-refractivity contribution is 5.69. The average Bonchev–Trinajstić information content (AvgIpc) is 3.21. The zero-order valence-corrected chi connectivity index (χ0v) is 16.5. The molecule has 0 amide bonds. The van der Waals surface area contributed by atoms with Crippen LogP contribution in [0.5, 0.6) is 0 Å². The molecule has 0 aliphatic carbocycles. The van der Waals surface area contributed by atoms with E-state index in [0.29, 0.717) is 0 Å². The van der Waals surface area contributed by atoms with Gasteiger partial charge in [0.2, 0.25) is 0 Å². The molecule has 8 nitrogen and oxygen atoms in total. The maximum atomic E-state index is 11.2. The summed E-state index contributed by atoms with van der Waals surface area (Å²) in [6.07, 6.45) is -0.422. The van der Waals surface area contributed by atoms with Crippen molar-refractivity contribution in [1.29, 1.82) is 0 Å². The zero-order chi connectivity index (χ0) is 21.1. The number of ether oxygens (including phenoxy) is 1. The number of aryl methyl sites for hydroxylation is 1. The zero-order valence-electron chi connectivity index (χ0n) is 16.5. The number of hydrogen-bond donors (Lipinski definition) is 1. The number of aliphatic hydroxyl groups excluding tert-OH is 1. The van der Waals surface area contributed by atoms with Crippen molar-refractivity contribution >= 4 is 0 Å². The first kappa shape index (κ1) is 20.1. The summed E-state index contributed by atoms with van der Waals surface area (Å²) in [5.74, 6) is 0. The number of aromatic nitrogens is 2. The SMILES string of the molecule is Cn1nccc1-c1ccc(-c2cccc([C@H]3OC(CN=O)CC(N=O)C3O)c2)cc1. The third-order valence-electron chi connectivity index (χ3n) is 5.51. The smallest absolute Gasteiger partial charge is 0.123 e. The van der Waals surface area contributed by atoms with Gasteiger partial charge in [-0.25, -0.2) is 0 Å². The Morgan fingerprint density at radius 2 is 1.87 bits per heavy atom. The lowest BCUT2D eigenvalue weighted by molar-refractivity contribution is -0.125. The standard InChI is InChI=1S/C22H22N4O4/c1-26-20(9-10-23-26)15-7-5-14(6-8-15)16-3-2-4-17(11-16)22-21(27)19(25-29)12-18(30-22)13-24-28/h2-11,18-19,21-22,27H,12-13H2,1H3/t18?,19?,21?,22-/m1/s1. The van der Waals surface area contributed by atoms with Crippen LogP contribution in [0.3, 0.4) is 0 Å². The van der Waals surface area contributed by atoms with Crippen molar-refractivity contribution in [3.05, 3.63) is 76.2 Å². The Balaban J connectivity index is 1.61. The van der Waals surface area contributed by atoms with Crippen LogP contribution in [0.1, 0.15) is 18.1 Å². The molecule has 8 heteroatoms. The van der Waals surface area contributed by atoms with Gasteiger partial charge in [0.15, 0.2) is 0 Å². The summed E-state index contributed by atoms with van der Waals surface area (Å²) >= 11 is 0. The monoisotopic (exact) mass is 406 g/mol. The fourth-order valence-corrected chi connectivity index (χ4v) is 3.92. The number of hydrogen-bond acceptors (Lipinski definition) is 7.